The Morgan fingerprint density at radius 1 is 1.28 bits per heavy atom. The molecule has 9 heteroatoms. The normalized spacial score (nSPS) is 17.1. The van der Waals surface area contributed by atoms with Gasteiger partial charge in [-0.15, -0.1) is 0 Å². The van der Waals surface area contributed by atoms with E-state index in [1.807, 2.05) is 13.8 Å². The summed E-state index contributed by atoms with van der Waals surface area (Å²) in [5.41, 5.74) is 0.624. The topological polar surface area (TPSA) is 84.9 Å². The highest BCUT2D eigenvalue weighted by Crippen LogP contribution is 2.26. The van der Waals surface area contributed by atoms with Crippen LogP contribution in [0.4, 0.5) is 5.69 Å². The Balaban J connectivity index is 1.83. The average Bonchev–Trinajstić information content (AvgIpc) is 2.69. The van der Waals surface area contributed by atoms with Crippen LogP contribution in [0.25, 0.3) is 0 Å². The van der Waals surface area contributed by atoms with Crippen LogP contribution in [0.2, 0.25) is 5.02 Å². The maximum Gasteiger partial charge on any atom is 0.263 e. The summed E-state index contributed by atoms with van der Waals surface area (Å²) < 4.78 is 39.0. The van der Waals surface area contributed by atoms with Crippen LogP contribution in [-0.4, -0.2) is 51.6 Å². The number of ether oxygens (including phenoxy) is 2. The monoisotopic (exact) mass is 438 g/mol. The van der Waals surface area contributed by atoms with E-state index in [-0.39, 0.29) is 27.5 Å². The Hall–Kier alpha value is -2.29. The van der Waals surface area contributed by atoms with E-state index in [0.717, 1.165) is 0 Å². The fraction of sp³-hybridized carbons (Fsp3) is 0.350. The number of benzene rings is 2. The van der Waals surface area contributed by atoms with Crippen LogP contribution < -0.4 is 9.46 Å². The predicted molar refractivity (Wildman–Crippen MR) is 111 cm³/mol. The van der Waals surface area contributed by atoms with Crippen molar-refractivity contribution in [3.05, 3.63) is 53.1 Å². The molecular weight excluding hydrogens is 416 g/mol. The van der Waals surface area contributed by atoms with Crippen LogP contribution in [-0.2, 0) is 14.8 Å². The molecule has 0 saturated carbocycles. The molecule has 1 heterocycles. The number of nitrogens with zero attached hydrogens (tertiary/aromatic N) is 1. The Morgan fingerprint density at radius 2 is 2.00 bits per heavy atom. The molecule has 1 N–H and O–H groups in total. The average molecular weight is 439 g/mol. The quantitative estimate of drug-likeness (QED) is 0.747. The van der Waals surface area contributed by atoms with Gasteiger partial charge in [0.15, 0.2) is 0 Å². The first-order valence-electron chi connectivity index (χ1n) is 9.26. The Kier molecular flexibility index (Phi) is 6.66. The summed E-state index contributed by atoms with van der Waals surface area (Å²) in [4.78, 5) is 14.3. The van der Waals surface area contributed by atoms with Gasteiger partial charge in [-0.1, -0.05) is 11.6 Å². The molecule has 1 unspecified atom stereocenters. The van der Waals surface area contributed by atoms with Crippen molar-refractivity contribution in [2.45, 2.75) is 24.8 Å². The van der Waals surface area contributed by atoms with Crippen molar-refractivity contribution >= 4 is 33.2 Å². The van der Waals surface area contributed by atoms with E-state index >= 15 is 0 Å². The van der Waals surface area contributed by atoms with E-state index in [4.69, 9.17) is 21.1 Å². The smallest absolute Gasteiger partial charge is 0.263 e. The third-order valence-corrected chi connectivity index (χ3v) is 6.28. The van der Waals surface area contributed by atoms with Crippen molar-refractivity contribution in [1.82, 2.24) is 4.90 Å². The molecule has 3 rings (SSSR count). The van der Waals surface area contributed by atoms with Gasteiger partial charge in [-0.3, -0.25) is 9.52 Å². The van der Waals surface area contributed by atoms with E-state index in [1.54, 1.807) is 29.2 Å². The molecule has 0 bridgehead atoms. The lowest BCUT2D eigenvalue weighted by molar-refractivity contribution is -0.0124. The van der Waals surface area contributed by atoms with Crippen LogP contribution in [0, 0.1) is 0 Å². The van der Waals surface area contributed by atoms with Crippen molar-refractivity contribution < 1.29 is 22.7 Å². The molecule has 1 aliphatic heterocycles. The minimum Gasteiger partial charge on any atom is -0.494 e. The SMILES string of the molecule is CCOc1ccc(NS(=O)(=O)c2cc(C(=O)N3CCOC(C)C3)ccc2Cl)cc1. The number of morpholine rings is 1. The molecule has 0 radical (unpaired) electrons. The maximum absolute atomic E-state index is 12.9. The molecule has 1 saturated heterocycles. The molecule has 2 aromatic rings. The second-order valence-electron chi connectivity index (χ2n) is 6.64. The largest absolute Gasteiger partial charge is 0.494 e. The molecule has 1 amide bonds. The first kappa shape index (κ1) is 21.4. The second-order valence-corrected chi connectivity index (χ2v) is 8.70. The molecular formula is C20H23ClN2O5S. The van der Waals surface area contributed by atoms with E-state index in [9.17, 15) is 13.2 Å². The first-order chi connectivity index (χ1) is 13.8. The zero-order valence-electron chi connectivity index (χ0n) is 16.2. The standard InChI is InChI=1S/C20H23ClN2O5S/c1-3-27-17-7-5-16(6-8-17)22-29(25,26)19-12-15(4-9-18(19)21)20(24)23-10-11-28-14(2)13-23/h4-9,12,14,22H,3,10-11,13H2,1-2H3. The van der Waals surface area contributed by atoms with Gasteiger partial charge in [0.25, 0.3) is 15.9 Å². The van der Waals surface area contributed by atoms with Gasteiger partial charge < -0.3 is 14.4 Å². The number of nitrogens with one attached hydrogen (secondary N) is 1. The van der Waals surface area contributed by atoms with Crippen molar-refractivity contribution in [3.63, 3.8) is 0 Å². The van der Waals surface area contributed by atoms with Crippen LogP contribution in [0.1, 0.15) is 24.2 Å². The van der Waals surface area contributed by atoms with Gasteiger partial charge >= 0.3 is 0 Å². The third kappa shape index (κ3) is 5.20. The fourth-order valence-corrected chi connectivity index (χ4v) is 4.61. The fourth-order valence-electron chi connectivity index (χ4n) is 3.02. The Labute approximate surface area is 175 Å². The summed E-state index contributed by atoms with van der Waals surface area (Å²) in [5.74, 6) is 0.384. The van der Waals surface area contributed by atoms with Crippen LogP contribution in [0.3, 0.4) is 0 Å². The van der Waals surface area contributed by atoms with E-state index in [1.165, 1.54) is 18.2 Å². The molecule has 0 aromatic heterocycles. The molecule has 1 atom stereocenters. The number of hydrogen-bond donors (Lipinski definition) is 1. The van der Waals surface area contributed by atoms with Crippen molar-refractivity contribution in [1.29, 1.82) is 0 Å². The molecule has 0 aliphatic carbocycles. The van der Waals surface area contributed by atoms with E-state index in [2.05, 4.69) is 4.72 Å². The number of rotatable bonds is 6. The number of anilines is 1. The summed E-state index contributed by atoms with van der Waals surface area (Å²) in [5, 5.41) is 0.0373. The highest BCUT2D eigenvalue weighted by molar-refractivity contribution is 7.92. The highest BCUT2D eigenvalue weighted by Gasteiger charge is 2.25. The molecule has 2 aromatic carbocycles. The number of carbonyl (C=O) groups excluding carboxylic acids is 1. The molecule has 156 valence electrons. The highest BCUT2D eigenvalue weighted by atomic mass is 35.5. The number of carbonyl (C=O) groups is 1. The summed E-state index contributed by atoms with van der Waals surface area (Å²) in [7, 11) is -3.98. The number of halogens is 1. The zero-order valence-corrected chi connectivity index (χ0v) is 17.8. The van der Waals surface area contributed by atoms with Crippen molar-refractivity contribution in [3.8, 4) is 5.75 Å². The van der Waals surface area contributed by atoms with E-state index in [0.29, 0.717) is 37.7 Å². The first-order valence-corrected chi connectivity index (χ1v) is 11.1. The van der Waals surface area contributed by atoms with Crippen molar-refractivity contribution in [2.24, 2.45) is 0 Å². The van der Waals surface area contributed by atoms with Crippen LogP contribution >= 0.6 is 11.6 Å². The number of sulfonamides is 1. The van der Waals surface area contributed by atoms with Gasteiger partial charge in [0.05, 0.1) is 24.3 Å². The summed E-state index contributed by atoms with van der Waals surface area (Å²) in [6.07, 6.45) is -0.0653. The van der Waals surface area contributed by atoms with Crippen molar-refractivity contribution in [2.75, 3.05) is 31.0 Å². The van der Waals surface area contributed by atoms with Gasteiger partial charge in [0.2, 0.25) is 0 Å². The molecule has 1 fully saturated rings. The Bertz CT molecular complexity index is 979. The lowest BCUT2D eigenvalue weighted by Gasteiger charge is -2.31. The summed E-state index contributed by atoms with van der Waals surface area (Å²) in [6, 6.07) is 10.8. The van der Waals surface area contributed by atoms with Gasteiger partial charge in [0, 0.05) is 24.3 Å². The molecule has 1 aliphatic rings. The minimum absolute atomic E-state index is 0.0373. The molecule has 7 nitrogen and oxygen atoms in total. The van der Waals surface area contributed by atoms with Gasteiger partial charge in [0.1, 0.15) is 10.6 Å². The maximum atomic E-state index is 12.9. The second kappa shape index (κ2) is 9.02. The lowest BCUT2D eigenvalue weighted by Crippen LogP contribution is -2.44. The van der Waals surface area contributed by atoms with Gasteiger partial charge in [-0.25, -0.2) is 8.42 Å². The molecule has 0 spiro atoms. The zero-order chi connectivity index (χ0) is 21.0. The van der Waals surface area contributed by atoms with Crippen LogP contribution in [0.15, 0.2) is 47.4 Å². The minimum atomic E-state index is -3.98. The van der Waals surface area contributed by atoms with Crippen LogP contribution in [0.5, 0.6) is 5.75 Å². The number of amides is 1. The van der Waals surface area contributed by atoms with E-state index < -0.39 is 10.0 Å². The third-order valence-electron chi connectivity index (χ3n) is 4.41. The Morgan fingerprint density at radius 3 is 2.66 bits per heavy atom. The van der Waals surface area contributed by atoms with Gasteiger partial charge in [-0.05, 0) is 56.3 Å². The molecule has 29 heavy (non-hydrogen) atoms. The summed E-state index contributed by atoms with van der Waals surface area (Å²) in [6.45, 7) is 5.63. The lowest BCUT2D eigenvalue weighted by atomic mass is 10.2. The number of hydrogen-bond acceptors (Lipinski definition) is 5. The summed E-state index contributed by atoms with van der Waals surface area (Å²) >= 11 is 6.14. The van der Waals surface area contributed by atoms with Gasteiger partial charge in [-0.2, -0.15) is 0 Å². The predicted octanol–water partition coefficient (Wildman–Crippen LogP) is 3.40.